The van der Waals surface area contributed by atoms with Crippen molar-refractivity contribution in [1.82, 2.24) is 15.0 Å². The van der Waals surface area contributed by atoms with E-state index in [1.165, 1.54) is 0 Å². The van der Waals surface area contributed by atoms with E-state index in [9.17, 15) is 0 Å². The molecule has 1 aromatic heterocycles. The van der Waals surface area contributed by atoms with Crippen molar-refractivity contribution in [3.8, 4) is 0 Å². The highest BCUT2D eigenvalue weighted by Crippen LogP contribution is 2.39. The molecular formula is C6H2Cl7N3. The summed E-state index contributed by atoms with van der Waals surface area (Å²) in [7, 11) is 0. The second-order valence-corrected chi connectivity index (χ2v) is 7.36. The first-order valence-electron chi connectivity index (χ1n) is 3.60. The SMILES string of the molecule is ClCc1nc(C(Cl)(Cl)Cl)nc(C(Cl)(Cl)Cl)n1. The second-order valence-electron chi connectivity index (χ2n) is 2.53. The maximum Gasteiger partial charge on any atom is 0.250 e. The molecule has 0 aromatic carbocycles. The van der Waals surface area contributed by atoms with Crippen LogP contribution >= 0.6 is 81.2 Å². The van der Waals surface area contributed by atoms with Gasteiger partial charge in [0.25, 0.3) is 0 Å². The fraction of sp³-hybridized carbons (Fsp3) is 0.500. The number of nitrogens with zero attached hydrogens (tertiary/aromatic N) is 3. The molecule has 10 heteroatoms. The lowest BCUT2D eigenvalue weighted by Gasteiger charge is -2.14. The number of alkyl halides is 7. The Morgan fingerprint density at radius 3 is 1.38 bits per heavy atom. The zero-order valence-electron chi connectivity index (χ0n) is 7.19. The summed E-state index contributed by atoms with van der Waals surface area (Å²) in [5.74, 6) is -0.169. The predicted molar refractivity (Wildman–Crippen MR) is 67.9 cm³/mol. The number of rotatable bonds is 1. The predicted octanol–water partition coefficient (Wildman–Crippen LogP) is 4.26. The van der Waals surface area contributed by atoms with E-state index >= 15 is 0 Å². The van der Waals surface area contributed by atoms with Crippen molar-refractivity contribution in [1.29, 1.82) is 0 Å². The average molecular weight is 364 g/mol. The van der Waals surface area contributed by atoms with Crippen molar-refractivity contribution in [2.75, 3.05) is 0 Å². The van der Waals surface area contributed by atoms with Crippen LogP contribution < -0.4 is 0 Å². The molecular weight excluding hydrogens is 362 g/mol. The van der Waals surface area contributed by atoms with Crippen LogP contribution in [0.5, 0.6) is 0 Å². The summed E-state index contributed by atoms with van der Waals surface area (Å²) in [6.07, 6.45) is 0. The summed E-state index contributed by atoms with van der Waals surface area (Å²) in [5.41, 5.74) is 0. The molecule has 1 rings (SSSR count). The molecule has 1 aromatic rings. The highest BCUT2D eigenvalue weighted by Gasteiger charge is 2.33. The summed E-state index contributed by atoms with van der Waals surface area (Å²) in [5, 5.41) is 0. The topological polar surface area (TPSA) is 38.7 Å². The van der Waals surface area contributed by atoms with Gasteiger partial charge in [-0.1, -0.05) is 69.6 Å². The van der Waals surface area contributed by atoms with Crippen LogP contribution in [-0.2, 0) is 13.5 Å². The van der Waals surface area contributed by atoms with Crippen LogP contribution in [0.3, 0.4) is 0 Å². The van der Waals surface area contributed by atoms with Crippen molar-refractivity contribution in [3.05, 3.63) is 17.5 Å². The second kappa shape index (κ2) is 5.35. The van der Waals surface area contributed by atoms with Crippen LogP contribution in [0.15, 0.2) is 0 Å². The quantitative estimate of drug-likeness (QED) is 0.699. The van der Waals surface area contributed by atoms with Gasteiger partial charge in [0.1, 0.15) is 5.82 Å². The molecule has 0 saturated heterocycles. The maximum atomic E-state index is 5.62. The van der Waals surface area contributed by atoms with E-state index in [0.717, 1.165) is 0 Å². The Labute approximate surface area is 126 Å². The van der Waals surface area contributed by atoms with Gasteiger partial charge in [-0.25, -0.2) is 15.0 Å². The molecule has 0 aliphatic rings. The van der Waals surface area contributed by atoms with Gasteiger partial charge in [-0.05, 0) is 0 Å². The Hall–Kier alpha value is 1.04. The van der Waals surface area contributed by atoms with E-state index in [4.69, 9.17) is 81.2 Å². The van der Waals surface area contributed by atoms with E-state index in [0.29, 0.717) is 0 Å². The molecule has 3 nitrogen and oxygen atoms in total. The molecule has 0 N–H and O–H groups in total. The van der Waals surface area contributed by atoms with Crippen LogP contribution in [0.4, 0.5) is 0 Å². The molecule has 0 radical (unpaired) electrons. The highest BCUT2D eigenvalue weighted by molar-refractivity contribution is 6.67. The van der Waals surface area contributed by atoms with Crippen LogP contribution in [0.1, 0.15) is 17.5 Å². The fourth-order valence-electron chi connectivity index (χ4n) is 0.733. The molecule has 0 unspecified atom stereocenters. The van der Waals surface area contributed by atoms with Crippen molar-refractivity contribution >= 4 is 81.2 Å². The summed E-state index contributed by atoms with van der Waals surface area (Å²) in [6, 6.07) is 0. The first-order valence-corrected chi connectivity index (χ1v) is 6.40. The van der Waals surface area contributed by atoms with Gasteiger partial charge in [-0.15, -0.1) is 11.6 Å². The molecule has 0 spiro atoms. The normalized spacial score (nSPS) is 12.9. The zero-order valence-corrected chi connectivity index (χ0v) is 12.5. The number of hydrogen-bond donors (Lipinski definition) is 0. The minimum atomic E-state index is -1.84. The van der Waals surface area contributed by atoms with E-state index < -0.39 is 7.59 Å². The number of halogens is 7. The van der Waals surface area contributed by atoms with Crippen LogP contribution in [0, 0.1) is 0 Å². The van der Waals surface area contributed by atoms with Crippen molar-refractivity contribution in [2.24, 2.45) is 0 Å². The molecule has 1 heterocycles. The molecule has 0 atom stereocenters. The first kappa shape index (κ1) is 15.1. The van der Waals surface area contributed by atoms with Gasteiger partial charge in [0.05, 0.1) is 5.88 Å². The molecule has 0 aliphatic heterocycles. The third-order valence-electron chi connectivity index (χ3n) is 1.31. The van der Waals surface area contributed by atoms with Gasteiger partial charge in [0.15, 0.2) is 11.6 Å². The van der Waals surface area contributed by atoms with Crippen LogP contribution in [0.25, 0.3) is 0 Å². The molecule has 90 valence electrons. The van der Waals surface area contributed by atoms with E-state index in [1.54, 1.807) is 0 Å². The Kier molecular flexibility index (Phi) is 5.05. The van der Waals surface area contributed by atoms with E-state index in [1.807, 2.05) is 0 Å². The maximum absolute atomic E-state index is 5.62. The largest absolute Gasteiger partial charge is 0.250 e. The third kappa shape index (κ3) is 4.05. The summed E-state index contributed by atoms with van der Waals surface area (Å²) < 4.78 is -3.68. The minimum absolute atomic E-state index is 0.0238. The van der Waals surface area contributed by atoms with Crippen molar-refractivity contribution < 1.29 is 0 Å². The van der Waals surface area contributed by atoms with Gasteiger partial charge in [-0.3, -0.25) is 0 Å². The zero-order chi connectivity index (χ0) is 12.6. The lowest BCUT2D eigenvalue weighted by molar-refractivity contribution is 0.806. The van der Waals surface area contributed by atoms with Crippen LogP contribution in [0.2, 0.25) is 0 Å². The van der Waals surface area contributed by atoms with Crippen molar-refractivity contribution in [3.63, 3.8) is 0 Å². The number of hydrogen-bond acceptors (Lipinski definition) is 3. The van der Waals surface area contributed by atoms with E-state index in [-0.39, 0.29) is 23.4 Å². The Bertz CT molecular complexity index is 350. The lowest BCUT2D eigenvalue weighted by Crippen LogP contribution is -2.17. The van der Waals surface area contributed by atoms with Gasteiger partial charge < -0.3 is 0 Å². The highest BCUT2D eigenvalue weighted by atomic mass is 35.6. The average Bonchev–Trinajstić information content (AvgIpc) is 2.14. The van der Waals surface area contributed by atoms with Gasteiger partial charge >= 0.3 is 0 Å². The molecule has 0 amide bonds. The Balaban J connectivity index is 3.33. The standard InChI is InChI=1S/C6H2Cl7N3/c7-1-2-14-3(5(8,9)10)16-4(15-2)6(11,12)13/h1H2. The third-order valence-corrected chi connectivity index (χ3v) is 2.56. The fourth-order valence-corrected chi connectivity index (χ4v) is 1.36. The van der Waals surface area contributed by atoms with Gasteiger partial charge in [0.2, 0.25) is 7.59 Å². The number of aromatic nitrogens is 3. The first-order chi connectivity index (χ1) is 7.14. The van der Waals surface area contributed by atoms with Crippen molar-refractivity contribution in [2.45, 2.75) is 13.5 Å². The summed E-state index contributed by atoms with van der Waals surface area (Å²) >= 11 is 39.3. The Morgan fingerprint density at radius 1 is 0.750 bits per heavy atom. The molecule has 0 saturated carbocycles. The minimum Gasteiger partial charge on any atom is -0.212 e. The van der Waals surface area contributed by atoms with Gasteiger partial charge in [0, 0.05) is 0 Å². The monoisotopic (exact) mass is 361 g/mol. The lowest BCUT2D eigenvalue weighted by atomic mass is 10.5. The Morgan fingerprint density at radius 2 is 1.12 bits per heavy atom. The molecule has 0 fully saturated rings. The smallest absolute Gasteiger partial charge is 0.212 e. The molecule has 0 bridgehead atoms. The molecule has 16 heavy (non-hydrogen) atoms. The summed E-state index contributed by atoms with van der Waals surface area (Å²) in [6.45, 7) is 0. The molecule has 0 aliphatic carbocycles. The van der Waals surface area contributed by atoms with Crippen LogP contribution in [-0.4, -0.2) is 15.0 Å². The van der Waals surface area contributed by atoms with Gasteiger partial charge in [-0.2, -0.15) is 0 Å². The summed E-state index contributed by atoms with van der Waals surface area (Å²) in [4.78, 5) is 11.4. The van der Waals surface area contributed by atoms with E-state index in [2.05, 4.69) is 15.0 Å².